The number of anilines is 1. The van der Waals surface area contributed by atoms with Crippen LogP contribution in [0.25, 0.3) is 11.4 Å². The summed E-state index contributed by atoms with van der Waals surface area (Å²) < 4.78 is 21.0. The largest absolute Gasteiger partial charge is 0.493 e. The van der Waals surface area contributed by atoms with Crippen LogP contribution in [0.3, 0.4) is 0 Å². The molecular weight excluding hydrogens is 402 g/mol. The lowest BCUT2D eigenvalue weighted by Crippen LogP contribution is -2.37. The van der Waals surface area contributed by atoms with Crippen molar-refractivity contribution in [2.24, 2.45) is 5.92 Å². The lowest BCUT2D eigenvalue weighted by Gasteiger charge is -2.29. The Bertz CT molecular complexity index is 1040. The predicted molar refractivity (Wildman–Crippen MR) is 111 cm³/mol. The normalized spacial score (nSPS) is 15.1. The van der Waals surface area contributed by atoms with Gasteiger partial charge < -0.3 is 23.8 Å². The standard InChI is InChI=1S/C21H25N5O5/c1-13-10-18(24-30-13)22-21(27)14-6-8-26(9-7-14)12-19-23-20(25-31-19)15-4-5-16(28-2)17(11-15)29-3/h4-5,10-11,14H,6-9,12H2,1-3H3,(H,22,24,27). The number of hydrogen-bond donors (Lipinski definition) is 1. The predicted octanol–water partition coefficient (Wildman–Crippen LogP) is 2.90. The minimum atomic E-state index is -0.0572. The molecule has 4 rings (SSSR count). The zero-order valence-electron chi connectivity index (χ0n) is 17.8. The highest BCUT2D eigenvalue weighted by atomic mass is 16.5. The molecule has 3 heterocycles. The van der Waals surface area contributed by atoms with E-state index >= 15 is 0 Å². The number of nitrogens with zero attached hydrogens (tertiary/aromatic N) is 4. The van der Waals surface area contributed by atoms with Crippen LogP contribution < -0.4 is 14.8 Å². The van der Waals surface area contributed by atoms with E-state index in [0.29, 0.717) is 41.3 Å². The van der Waals surface area contributed by atoms with Gasteiger partial charge in [0, 0.05) is 17.5 Å². The second kappa shape index (κ2) is 9.17. The third-order valence-electron chi connectivity index (χ3n) is 5.31. The van der Waals surface area contributed by atoms with Crippen molar-refractivity contribution >= 4 is 11.7 Å². The molecule has 2 aromatic heterocycles. The first-order valence-corrected chi connectivity index (χ1v) is 10.1. The molecule has 0 atom stereocenters. The van der Waals surface area contributed by atoms with Crippen LogP contribution >= 0.6 is 0 Å². The van der Waals surface area contributed by atoms with Gasteiger partial charge in [-0.2, -0.15) is 4.98 Å². The highest BCUT2D eigenvalue weighted by Gasteiger charge is 2.26. The molecule has 10 heteroatoms. The molecular formula is C21H25N5O5. The summed E-state index contributed by atoms with van der Waals surface area (Å²) in [5.74, 6) is 3.31. The van der Waals surface area contributed by atoms with Gasteiger partial charge in [-0.3, -0.25) is 9.69 Å². The van der Waals surface area contributed by atoms with Gasteiger partial charge in [0.25, 0.3) is 0 Å². The van der Waals surface area contributed by atoms with E-state index in [2.05, 4.69) is 25.5 Å². The zero-order valence-corrected chi connectivity index (χ0v) is 17.8. The van der Waals surface area contributed by atoms with Crippen molar-refractivity contribution in [2.75, 3.05) is 32.6 Å². The number of aryl methyl sites for hydroxylation is 1. The summed E-state index contributed by atoms with van der Waals surface area (Å²) in [5.41, 5.74) is 0.783. The number of ether oxygens (including phenoxy) is 2. The third-order valence-corrected chi connectivity index (χ3v) is 5.31. The molecule has 164 valence electrons. The first-order chi connectivity index (χ1) is 15.1. The maximum absolute atomic E-state index is 12.4. The Hall–Kier alpha value is -3.40. The summed E-state index contributed by atoms with van der Waals surface area (Å²) in [7, 11) is 3.17. The summed E-state index contributed by atoms with van der Waals surface area (Å²) in [6.45, 7) is 3.86. The Balaban J connectivity index is 1.31. The second-order valence-electron chi connectivity index (χ2n) is 7.44. The molecule has 1 aromatic carbocycles. The van der Waals surface area contributed by atoms with Crippen molar-refractivity contribution in [2.45, 2.75) is 26.3 Å². The van der Waals surface area contributed by atoms with Crippen molar-refractivity contribution in [3.63, 3.8) is 0 Å². The van der Waals surface area contributed by atoms with E-state index in [-0.39, 0.29) is 11.8 Å². The number of hydrogen-bond acceptors (Lipinski definition) is 9. The van der Waals surface area contributed by atoms with Gasteiger partial charge in [-0.05, 0) is 51.1 Å². The highest BCUT2D eigenvalue weighted by molar-refractivity contribution is 5.91. The van der Waals surface area contributed by atoms with Gasteiger partial charge in [-0.15, -0.1) is 0 Å². The summed E-state index contributed by atoms with van der Waals surface area (Å²) >= 11 is 0. The zero-order chi connectivity index (χ0) is 21.8. The molecule has 1 amide bonds. The first-order valence-electron chi connectivity index (χ1n) is 10.1. The number of methoxy groups -OCH3 is 2. The van der Waals surface area contributed by atoms with E-state index in [4.69, 9.17) is 18.5 Å². The van der Waals surface area contributed by atoms with Crippen molar-refractivity contribution < 1.29 is 23.3 Å². The molecule has 31 heavy (non-hydrogen) atoms. The maximum atomic E-state index is 12.4. The second-order valence-corrected chi connectivity index (χ2v) is 7.44. The number of aromatic nitrogens is 3. The van der Waals surface area contributed by atoms with Crippen molar-refractivity contribution in [1.82, 2.24) is 20.2 Å². The fraction of sp³-hybridized carbons (Fsp3) is 0.429. The molecule has 0 aliphatic carbocycles. The minimum absolute atomic E-state index is 0.0264. The summed E-state index contributed by atoms with van der Waals surface area (Å²) in [6.07, 6.45) is 1.50. The number of nitrogens with one attached hydrogen (secondary N) is 1. The summed E-state index contributed by atoms with van der Waals surface area (Å²) in [4.78, 5) is 19.1. The molecule has 10 nitrogen and oxygen atoms in total. The number of rotatable bonds is 7. The number of carbonyl (C=O) groups excluding carboxylic acids is 1. The molecule has 0 spiro atoms. The fourth-order valence-electron chi connectivity index (χ4n) is 3.61. The average Bonchev–Trinajstić information content (AvgIpc) is 3.42. The van der Waals surface area contributed by atoms with E-state index in [1.807, 2.05) is 12.1 Å². The first kappa shape index (κ1) is 20.9. The van der Waals surface area contributed by atoms with Crippen molar-refractivity contribution in [1.29, 1.82) is 0 Å². The van der Waals surface area contributed by atoms with Crippen LogP contribution in [0.2, 0.25) is 0 Å². The van der Waals surface area contributed by atoms with Crippen LogP contribution in [0.4, 0.5) is 5.82 Å². The quantitative estimate of drug-likeness (QED) is 0.607. The molecule has 1 saturated heterocycles. The SMILES string of the molecule is COc1ccc(-c2noc(CN3CCC(C(=O)Nc4cc(C)on4)CC3)n2)cc1OC. The number of carbonyl (C=O) groups is 1. The highest BCUT2D eigenvalue weighted by Crippen LogP contribution is 2.31. The van der Waals surface area contributed by atoms with Crippen LogP contribution in [0, 0.1) is 12.8 Å². The van der Waals surface area contributed by atoms with Gasteiger partial charge in [0.1, 0.15) is 5.76 Å². The topological polar surface area (TPSA) is 116 Å². The molecule has 0 saturated carbocycles. The number of amides is 1. The van der Waals surface area contributed by atoms with Gasteiger partial charge in [-0.1, -0.05) is 10.3 Å². The lowest BCUT2D eigenvalue weighted by molar-refractivity contribution is -0.121. The van der Waals surface area contributed by atoms with E-state index < -0.39 is 0 Å². The van der Waals surface area contributed by atoms with Gasteiger partial charge >= 0.3 is 0 Å². The Morgan fingerprint density at radius 3 is 2.58 bits per heavy atom. The van der Waals surface area contributed by atoms with Crippen molar-refractivity contribution in [3.05, 3.63) is 35.9 Å². The fourth-order valence-corrected chi connectivity index (χ4v) is 3.61. The van der Waals surface area contributed by atoms with Gasteiger partial charge in [0.15, 0.2) is 17.3 Å². The molecule has 3 aromatic rings. The third kappa shape index (κ3) is 4.85. The van der Waals surface area contributed by atoms with Gasteiger partial charge in [0.2, 0.25) is 17.6 Å². The maximum Gasteiger partial charge on any atom is 0.241 e. The monoisotopic (exact) mass is 427 g/mol. The summed E-state index contributed by atoms with van der Waals surface area (Å²) in [6, 6.07) is 7.18. The van der Waals surface area contributed by atoms with E-state index in [1.54, 1.807) is 33.3 Å². The molecule has 1 fully saturated rings. The lowest BCUT2D eigenvalue weighted by atomic mass is 9.96. The van der Waals surface area contributed by atoms with Gasteiger partial charge in [-0.25, -0.2) is 0 Å². The molecule has 0 unspecified atom stereocenters. The van der Waals surface area contributed by atoms with Gasteiger partial charge in [0.05, 0.1) is 20.8 Å². The number of likely N-dealkylation sites (tertiary alicyclic amines) is 1. The summed E-state index contributed by atoms with van der Waals surface area (Å²) in [5, 5.41) is 10.7. The Morgan fingerprint density at radius 2 is 1.90 bits per heavy atom. The van der Waals surface area contributed by atoms with E-state index in [9.17, 15) is 4.79 Å². The van der Waals surface area contributed by atoms with E-state index in [1.165, 1.54) is 0 Å². The number of piperidine rings is 1. The van der Waals surface area contributed by atoms with Crippen LogP contribution in [0.15, 0.2) is 33.3 Å². The minimum Gasteiger partial charge on any atom is -0.493 e. The smallest absolute Gasteiger partial charge is 0.241 e. The molecule has 1 aliphatic heterocycles. The molecule has 1 aliphatic rings. The Labute approximate surface area is 179 Å². The van der Waals surface area contributed by atoms with Crippen LogP contribution in [0.5, 0.6) is 11.5 Å². The Kier molecular flexibility index (Phi) is 6.17. The molecule has 0 bridgehead atoms. The average molecular weight is 427 g/mol. The Morgan fingerprint density at radius 1 is 1.13 bits per heavy atom. The molecule has 1 N–H and O–H groups in total. The van der Waals surface area contributed by atoms with Crippen LogP contribution in [0.1, 0.15) is 24.5 Å². The van der Waals surface area contributed by atoms with Crippen LogP contribution in [-0.4, -0.2) is 53.4 Å². The van der Waals surface area contributed by atoms with E-state index in [0.717, 1.165) is 31.5 Å². The van der Waals surface area contributed by atoms with Crippen LogP contribution in [-0.2, 0) is 11.3 Å². The van der Waals surface area contributed by atoms with Crippen molar-refractivity contribution in [3.8, 4) is 22.9 Å². The molecule has 0 radical (unpaired) electrons. The number of benzene rings is 1.